The van der Waals surface area contributed by atoms with Crippen LogP contribution in [0, 0.1) is 46.3 Å². The monoisotopic (exact) mass is 902 g/mol. The first-order valence-corrected chi connectivity index (χ1v) is 23.4. The summed E-state index contributed by atoms with van der Waals surface area (Å²) in [5.74, 6) is -0.818. The number of fused-ring (bicyclic) bond motifs is 7. The molecule has 18 heteroatoms. The molecule has 0 bridgehead atoms. The zero-order chi connectivity index (χ0) is 45.7. The van der Waals surface area contributed by atoms with Gasteiger partial charge in [-0.3, -0.25) is 0 Å². The van der Waals surface area contributed by atoms with E-state index in [2.05, 4.69) is 26.8 Å². The van der Waals surface area contributed by atoms with E-state index in [-0.39, 0.29) is 60.1 Å². The van der Waals surface area contributed by atoms with E-state index >= 15 is 0 Å². The summed E-state index contributed by atoms with van der Waals surface area (Å²) in [6.07, 6.45) is -14.2. The lowest BCUT2D eigenvalue weighted by atomic mass is 9.46. The summed E-state index contributed by atoms with van der Waals surface area (Å²) >= 11 is 0. The second-order valence-corrected chi connectivity index (χ2v) is 21.1. The molecule has 0 radical (unpaired) electrons. The quantitative estimate of drug-likeness (QED) is 0.113. The molecule has 8 aliphatic rings. The molecule has 3 saturated carbocycles. The fourth-order valence-corrected chi connectivity index (χ4v) is 13.6. The van der Waals surface area contributed by atoms with E-state index in [0.29, 0.717) is 19.3 Å². The van der Waals surface area contributed by atoms with E-state index in [1.165, 1.54) is 6.92 Å². The Balaban J connectivity index is 0.945. The Kier molecular flexibility index (Phi) is 14.0. The predicted octanol–water partition coefficient (Wildman–Crippen LogP) is -0.833. The van der Waals surface area contributed by atoms with Crippen molar-refractivity contribution in [3.8, 4) is 0 Å². The van der Waals surface area contributed by atoms with Crippen molar-refractivity contribution in [2.24, 2.45) is 46.3 Å². The third kappa shape index (κ3) is 8.30. The van der Waals surface area contributed by atoms with E-state index in [9.17, 15) is 56.2 Å². The first-order valence-electron chi connectivity index (χ1n) is 23.4. The number of allylic oxidation sites excluding steroid dienone is 1. The van der Waals surface area contributed by atoms with Crippen molar-refractivity contribution in [1.29, 1.82) is 0 Å². The molecule has 0 aromatic carbocycles. The Bertz CT molecular complexity index is 1620. The minimum absolute atomic E-state index is 0.0836. The number of aliphatic hydroxyl groups excluding tert-OH is 10. The third-order valence-electron chi connectivity index (χ3n) is 17.4. The topological polar surface area (TPSA) is 287 Å². The maximum atomic E-state index is 12.1. The van der Waals surface area contributed by atoms with Gasteiger partial charge in [-0.2, -0.15) is 0 Å². The van der Waals surface area contributed by atoms with Crippen molar-refractivity contribution in [3.63, 3.8) is 0 Å². The van der Waals surface area contributed by atoms with Crippen LogP contribution in [-0.2, 0) is 33.2 Å². The fraction of sp³-hybridized carbons (Fsp3) is 0.956. The average Bonchev–Trinajstić information content (AvgIpc) is 3.68. The molecule has 11 N–H and O–H groups in total. The number of ether oxygens (including phenoxy) is 7. The maximum absolute atomic E-state index is 12.1. The van der Waals surface area contributed by atoms with E-state index in [1.54, 1.807) is 6.92 Å². The normalized spacial score (nSPS) is 56.2. The molecule has 4 heterocycles. The van der Waals surface area contributed by atoms with Crippen LogP contribution in [0.2, 0.25) is 0 Å². The van der Waals surface area contributed by atoms with Crippen molar-refractivity contribution in [2.45, 2.75) is 209 Å². The smallest absolute Gasteiger partial charge is 0.187 e. The number of rotatable bonds is 11. The van der Waals surface area contributed by atoms with Gasteiger partial charge in [0.1, 0.15) is 61.0 Å². The van der Waals surface area contributed by atoms with Crippen molar-refractivity contribution in [3.05, 3.63) is 11.6 Å². The van der Waals surface area contributed by atoms with Crippen LogP contribution >= 0.6 is 0 Å². The summed E-state index contributed by atoms with van der Waals surface area (Å²) in [6.45, 7) is 11.3. The summed E-state index contributed by atoms with van der Waals surface area (Å²) in [7, 11) is 0. The molecule has 362 valence electrons. The molecule has 27 atom stereocenters. The van der Waals surface area contributed by atoms with Crippen molar-refractivity contribution in [2.75, 3.05) is 13.2 Å². The highest BCUT2D eigenvalue weighted by atomic mass is 16.8. The van der Waals surface area contributed by atoms with Crippen molar-refractivity contribution in [1.82, 2.24) is 0 Å². The summed E-state index contributed by atoms with van der Waals surface area (Å²) in [4.78, 5) is 0. The molecule has 4 aliphatic heterocycles. The lowest BCUT2D eigenvalue weighted by Crippen LogP contribution is -2.64. The molecule has 4 aliphatic carbocycles. The molecular weight excluding hydrogens is 828 g/mol. The molecule has 18 nitrogen and oxygen atoms in total. The van der Waals surface area contributed by atoms with Gasteiger partial charge in [0.2, 0.25) is 0 Å². The Morgan fingerprint density at radius 1 is 0.762 bits per heavy atom. The molecule has 0 spiro atoms. The standard InChI is InChI=1S/C45H74O18/c1-18(17-57-40-37(54)35(52)33(50)28(16-46)60-40)9-12-45(56)19(2)30-27(63-45)15-26-24-8-7-22-13-23(47)14-29(44(22,6)25(24)10-11-43(26,30)5)61-42-39(36(53)32(49)21(4)59-42)62-41-38(55)34(51)31(48)20(3)58-41/h7,18-21,23-42,46-56H,8-17H2,1-6H3/t18-,19-,20-,21+,23+,24+,25-,26-,27-,28+,29+,30-,31-,32-,33+,34+,35-,36-,37+,38+,39+,40+,41-,42-,43-,44-,45+/m0/s1. The minimum atomic E-state index is -1.66. The summed E-state index contributed by atoms with van der Waals surface area (Å²) in [5, 5.41) is 117. The van der Waals surface area contributed by atoms with Gasteiger partial charge in [0.05, 0.1) is 43.7 Å². The SMILES string of the molecule is C[C@@H](CC[C@@]1(O)O[C@H]2C[C@H]3[C@@H]4CC=C5C[C@@H](O)C[C@@H](O[C@@H]6O[C@H](C)[C@H](O)[C@H](O)[C@H]6O[C@@H]6O[C@@H](C)[C@H](O)[C@@H](O)[C@H]6O)[C@]5(C)[C@H]4CC[C@]3(C)[C@H]2[C@@H]1C)CO[C@@H]1O[C@H](CO)[C@@H](O)[C@H](O)[C@H]1O. The lowest BCUT2D eigenvalue weighted by molar-refractivity contribution is -0.371. The third-order valence-corrected chi connectivity index (χ3v) is 17.4. The number of hydrogen-bond acceptors (Lipinski definition) is 18. The second-order valence-electron chi connectivity index (χ2n) is 21.1. The Hall–Kier alpha value is -0.980. The fourth-order valence-electron chi connectivity index (χ4n) is 13.6. The summed E-state index contributed by atoms with van der Waals surface area (Å²) in [5.41, 5.74) is 0.435. The summed E-state index contributed by atoms with van der Waals surface area (Å²) < 4.78 is 42.8. The molecule has 0 unspecified atom stereocenters. The molecule has 0 aromatic rings. The highest BCUT2D eigenvalue weighted by Gasteiger charge is 2.69. The highest BCUT2D eigenvalue weighted by molar-refractivity contribution is 5.29. The molecule has 63 heavy (non-hydrogen) atoms. The molecule has 0 amide bonds. The Morgan fingerprint density at radius 3 is 2.11 bits per heavy atom. The van der Waals surface area contributed by atoms with E-state index < -0.39 is 122 Å². The van der Waals surface area contributed by atoms with Gasteiger partial charge < -0.3 is 89.3 Å². The maximum Gasteiger partial charge on any atom is 0.187 e. The predicted molar refractivity (Wildman–Crippen MR) is 218 cm³/mol. The first-order chi connectivity index (χ1) is 29.6. The highest BCUT2D eigenvalue weighted by Crippen LogP contribution is 2.70. The van der Waals surface area contributed by atoms with E-state index in [1.807, 2.05) is 6.92 Å². The van der Waals surface area contributed by atoms with Gasteiger partial charge in [0, 0.05) is 24.2 Å². The molecule has 8 rings (SSSR count). The van der Waals surface area contributed by atoms with Crippen molar-refractivity contribution < 1.29 is 89.3 Å². The number of aliphatic hydroxyl groups is 11. The number of hydrogen-bond donors (Lipinski definition) is 11. The van der Waals surface area contributed by atoms with Crippen LogP contribution in [0.1, 0.15) is 92.9 Å². The zero-order valence-corrected chi connectivity index (χ0v) is 37.3. The van der Waals surface area contributed by atoms with Gasteiger partial charge in [0.25, 0.3) is 0 Å². The first kappa shape index (κ1) is 48.5. The lowest BCUT2D eigenvalue weighted by Gasteiger charge is -2.60. The van der Waals surface area contributed by atoms with Gasteiger partial charge in [0.15, 0.2) is 24.7 Å². The van der Waals surface area contributed by atoms with Crippen LogP contribution in [0.25, 0.3) is 0 Å². The van der Waals surface area contributed by atoms with E-state index in [0.717, 1.165) is 31.3 Å². The van der Waals surface area contributed by atoms with Crippen LogP contribution in [0.3, 0.4) is 0 Å². The molecule has 0 aromatic heterocycles. The van der Waals surface area contributed by atoms with Gasteiger partial charge in [-0.1, -0.05) is 39.3 Å². The molecule has 7 fully saturated rings. The Morgan fingerprint density at radius 2 is 1.41 bits per heavy atom. The van der Waals surface area contributed by atoms with Gasteiger partial charge >= 0.3 is 0 Å². The van der Waals surface area contributed by atoms with Crippen LogP contribution in [0.15, 0.2) is 11.6 Å². The molecule has 4 saturated heterocycles. The van der Waals surface area contributed by atoms with Crippen molar-refractivity contribution >= 4 is 0 Å². The van der Waals surface area contributed by atoms with Gasteiger partial charge in [-0.25, -0.2) is 0 Å². The van der Waals surface area contributed by atoms with Gasteiger partial charge in [-0.05, 0) is 87.4 Å². The van der Waals surface area contributed by atoms with Crippen LogP contribution < -0.4 is 0 Å². The Labute approximate surface area is 369 Å². The van der Waals surface area contributed by atoms with Crippen LogP contribution in [-0.4, -0.2) is 186 Å². The van der Waals surface area contributed by atoms with Crippen LogP contribution in [0.5, 0.6) is 0 Å². The second kappa shape index (κ2) is 18.2. The largest absolute Gasteiger partial charge is 0.394 e. The zero-order valence-electron chi connectivity index (χ0n) is 37.3. The van der Waals surface area contributed by atoms with Crippen LogP contribution in [0.4, 0.5) is 0 Å². The van der Waals surface area contributed by atoms with Gasteiger partial charge in [-0.15, -0.1) is 0 Å². The van der Waals surface area contributed by atoms with E-state index in [4.69, 9.17) is 33.2 Å². The summed E-state index contributed by atoms with van der Waals surface area (Å²) in [6, 6.07) is 0. The molecular formula is C45H74O18. The average molecular weight is 903 g/mol. The minimum Gasteiger partial charge on any atom is -0.394 e.